The molecular formula is C12H13FO3. The van der Waals surface area contributed by atoms with Crippen LogP contribution in [0.2, 0.25) is 0 Å². The van der Waals surface area contributed by atoms with Crippen LogP contribution in [0.4, 0.5) is 4.39 Å². The first-order valence-corrected chi connectivity index (χ1v) is 5.02. The number of esters is 1. The van der Waals surface area contributed by atoms with E-state index in [9.17, 15) is 14.0 Å². The summed E-state index contributed by atoms with van der Waals surface area (Å²) >= 11 is 0. The molecule has 0 aliphatic heterocycles. The molecule has 0 aliphatic rings. The second-order valence-corrected chi connectivity index (χ2v) is 3.25. The van der Waals surface area contributed by atoms with Crippen molar-refractivity contribution in [1.29, 1.82) is 0 Å². The van der Waals surface area contributed by atoms with Crippen LogP contribution >= 0.6 is 0 Å². The van der Waals surface area contributed by atoms with Crippen molar-refractivity contribution in [3.63, 3.8) is 0 Å². The van der Waals surface area contributed by atoms with Crippen LogP contribution < -0.4 is 0 Å². The monoisotopic (exact) mass is 224 g/mol. The van der Waals surface area contributed by atoms with Gasteiger partial charge in [-0.2, -0.15) is 0 Å². The number of halogens is 1. The summed E-state index contributed by atoms with van der Waals surface area (Å²) < 4.78 is 17.8. The number of Topliss-reactive ketones (excluding diaryl/α,β-unsaturated/α-hetero) is 1. The third kappa shape index (κ3) is 2.66. The highest BCUT2D eigenvalue weighted by molar-refractivity contribution is 6.41. The van der Waals surface area contributed by atoms with Gasteiger partial charge in [0.2, 0.25) is 0 Å². The fourth-order valence-corrected chi connectivity index (χ4v) is 1.36. The summed E-state index contributed by atoms with van der Waals surface area (Å²) in [5, 5.41) is 0. The van der Waals surface area contributed by atoms with Gasteiger partial charge in [-0.15, -0.1) is 0 Å². The molecule has 0 radical (unpaired) electrons. The predicted octanol–water partition coefficient (Wildman–Crippen LogP) is 2.46. The van der Waals surface area contributed by atoms with Crippen molar-refractivity contribution in [3.05, 3.63) is 35.4 Å². The molecule has 1 atom stereocenters. The third-order valence-corrected chi connectivity index (χ3v) is 2.09. The summed E-state index contributed by atoms with van der Waals surface area (Å²) in [5.41, 5.74) is 0.275. The zero-order valence-electron chi connectivity index (χ0n) is 9.20. The van der Waals surface area contributed by atoms with Crippen LogP contribution in [0.15, 0.2) is 24.3 Å². The number of hydrogen-bond donors (Lipinski definition) is 0. The summed E-state index contributed by atoms with van der Waals surface area (Å²) in [4.78, 5) is 22.8. The van der Waals surface area contributed by atoms with Crippen molar-refractivity contribution in [2.24, 2.45) is 0 Å². The molecule has 0 N–H and O–H groups in total. The normalized spacial score (nSPS) is 11.9. The van der Waals surface area contributed by atoms with Crippen molar-refractivity contribution in [2.45, 2.75) is 20.0 Å². The zero-order chi connectivity index (χ0) is 12.1. The minimum atomic E-state index is -1.30. The Hall–Kier alpha value is -1.71. The predicted molar refractivity (Wildman–Crippen MR) is 56.9 cm³/mol. The molecule has 1 aromatic rings. The number of carbonyl (C=O) groups excluding carboxylic acids is 2. The highest BCUT2D eigenvalue weighted by Gasteiger charge is 2.22. The number of alkyl halides is 1. The van der Waals surface area contributed by atoms with Crippen LogP contribution in [-0.4, -0.2) is 18.4 Å². The molecule has 3 nitrogen and oxygen atoms in total. The lowest BCUT2D eigenvalue weighted by Crippen LogP contribution is -2.19. The van der Waals surface area contributed by atoms with E-state index >= 15 is 0 Å². The number of ketones is 1. The maximum absolute atomic E-state index is 13.2. The van der Waals surface area contributed by atoms with Gasteiger partial charge >= 0.3 is 5.97 Å². The van der Waals surface area contributed by atoms with Gasteiger partial charge in [0.25, 0.3) is 5.78 Å². The lowest BCUT2D eigenvalue weighted by molar-refractivity contribution is -0.137. The topological polar surface area (TPSA) is 43.4 Å². The van der Waals surface area contributed by atoms with Crippen molar-refractivity contribution in [3.8, 4) is 0 Å². The SMILES string of the molecule is CCOC(=O)C(=O)c1ccccc1C(C)F. The summed E-state index contributed by atoms with van der Waals surface area (Å²) in [5.74, 6) is -1.75. The van der Waals surface area contributed by atoms with Gasteiger partial charge in [-0.05, 0) is 19.4 Å². The molecule has 0 aromatic heterocycles. The number of hydrogen-bond acceptors (Lipinski definition) is 3. The fraction of sp³-hybridized carbons (Fsp3) is 0.333. The molecule has 0 aliphatic carbocycles. The standard InChI is InChI=1S/C12H13FO3/c1-3-16-12(15)11(14)10-7-5-4-6-9(10)8(2)13/h4-8H,3H2,1-2H3. The van der Waals surface area contributed by atoms with Gasteiger partial charge in [-0.25, -0.2) is 9.18 Å². The maximum atomic E-state index is 13.2. The second-order valence-electron chi connectivity index (χ2n) is 3.25. The minimum absolute atomic E-state index is 0.0657. The molecule has 0 saturated carbocycles. The molecule has 0 saturated heterocycles. The van der Waals surface area contributed by atoms with Crippen LogP contribution in [0, 0.1) is 0 Å². The summed E-state index contributed by atoms with van der Waals surface area (Å²) in [6.45, 7) is 3.05. The van der Waals surface area contributed by atoms with Crippen LogP contribution in [0.1, 0.15) is 35.9 Å². The van der Waals surface area contributed by atoms with E-state index in [0.717, 1.165) is 0 Å². The van der Waals surface area contributed by atoms with Crippen LogP contribution in [0.5, 0.6) is 0 Å². The molecular weight excluding hydrogens is 211 g/mol. The number of benzene rings is 1. The Morgan fingerprint density at radius 3 is 2.56 bits per heavy atom. The van der Waals surface area contributed by atoms with Crippen LogP contribution in [-0.2, 0) is 9.53 Å². The minimum Gasteiger partial charge on any atom is -0.460 e. The van der Waals surface area contributed by atoms with Crippen LogP contribution in [0.25, 0.3) is 0 Å². The first-order valence-electron chi connectivity index (χ1n) is 5.02. The van der Waals surface area contributed by atoms with E-state index in [4.69, 9.17) is 0 Å². The quantitative estimate of drug-likeness (QED) is 0.448. The first-order chi connectivity index (χ1) is 7.57. The average molecular weight is 224 g/mol. The Morgan fingerprint density at radius 1 is 1.38 bits per heavy atom. The molecule has 4 heteroatoms. The van der Waals surface area contributed by atoms with Crippen molar-refractivity contribution in [1.82, 2.24) is 0 Å². The molecule has 0 spiro atoms. The molecule has 0 bridgehead atoms. The van der Waals surface area contributed by atoms with E-state index < -0.39 is 17.9 Å². The Balaban J connectivity index is 3.03. The summed E-state index contributed by atoms with van der Waals surface area (Å²) in [7, 11) is 0. The van der Waals surface area contributed by atoms with Crippen molar-refractivity contribution < 1.29 is 18.7 Å². The Kier molecular flexibility index (Phi) is 4.17. The molecule has 86 valence electrons. The zero-order valence-corrected chi connectivity index (χ0v) is 9.20. The molecule has 1 rings (SSSR count). The van der Waals surface area contributed by atoms with E-state index in [1.54, 1.807) is 19.1 Å². The molecule has 0 fully saturated rings. The second kappa shape index (κ2) is 5.39. The van der Waals surface area contributed by atoms with Gasteiger partial charge in [0.05, 0.1) is 6.61 Å². The van der Waals surface area contributed by atoms with Gasteiger partial charge in [0, 0.05) is 5.56 Å². The van der Waals surface area contributed by atoms with Gasteiger partial charge < -0.3 is 4.74 Å². The largest absolute Gasteiger partial charge is 0.460 e. The fourth-order valence-electron chi connectivity index (χ4n) is 1.36. The Morgan fingerprint density at radius 2 is 2.00 bits per heavy atom. The molecule has 1 aromatic carbocycles. The molecule has 16 heavy (non-hydrogen) atoms. The van der Waals surface area contributed by atoms with Gasteiger partial charge in [0.1, 0.15) is 6.17 Å². The number of carbonyl (C=O) groups is 2. The summed E-state index contributed by atoms with van der Waals surface area (Å²) in [6.07, 6.45) is -1.30. The first kappa shape index (κ1) is 12.4. The lowest BCUT2D eigenvalue weighted by Gasteiger charge is -2.08. The van der Waals surface area contributed by atoms with E-state index in [2.05, 4.69) is 4.74 Å². The van der Waals surface area contributed by atoms with E-state index in [1.165, 1.54) is 19.1 Å². The molecule has 0 amide bonds. The van der Waals surface area contributed by atoms with Crippen LogP contribution in [0.3, 0.4) is 0 Å². The Labute approximate surface area is 93.2 Å². The van der Waals surface area contributed by atoms with Gasteiger partial charge in [-0.3, -0.25) is 4.79 Å². The lowest BCUT2D eigenvalue weighted by atomic mass is 10.0. The maximum Gasteiger partial charge on any atom is 0.379 e. The smallest absolute Gasteiger partial charge is 0.379 e. The Bertz CT molecular complexity index is 399. The third-order valence-electron chi connectivity index (χ3n) is 2.09. The van der Waals surface area contributed by atoms with Crippen molar-refractivity contribution in [2.75, 3.05) is 6.61 Å². The van der Waals surface area contributed by atoms with Crippen molar-refractivity contribution >= 4 is 11.8 Å². The van der Waals surface area contributed by atoms with E-state index in [1.807, 2.05) is 0 Å². The highest BCUT2D eigenvalue weighted by Crippen LogP contribution is 2.21. The molecule has 0 heterocycles. The van der Waals surface area contributed by atoms with E-state index in [-0.39, 0.29) is 17.7 Å². The van der Waals surface area contributed by atoms with Gasteiger partial charge in [0.15, 0.2) is 0 Å². The highest BCUT2D eigenvalue weighted by atomic mass is 19.1. The summed E-state index contributed by atoms with van der Waals surface area (Å²) in [6, 6.07) is 6.10. The average Bonchev–Trinajstić information content (AvgIpc) is 2.28. The van der Waals surface area contributed by atoms with Gasteiger partial charge in [-0.1, -0.05) is 24.3 Å². The number of ether oxygens (including phenoxy) is 1. The van der Waals surface area contributed by atoms with E-state index in [0.29, 0.717) is 0 Å². The molecule has 1 unspecified atom stereocenters. The number of rotatable bonds is 4.